The third-order valence-electron chi connectivity index (χ3n) is 3.87. The van der Waals surface area contributed by atoms with Crippen molar-refractivity contribution < 1.29 is 23.2 Å². The highest BCUT2D eigenvalue weighted by Crippen LogP contribution is 2.25. The molecule has 0 spiro atoms. The molecular formula is C18H23N3O5S. The lowest BCUT2D eigenvalue weighted by atomic mass is 10.1. The van der Waals surface area contributed by atoms with E-state index in [1.54, 1.807) is 12.1 Å². The predicted octanol–water partition coefficient (Wildman–Crippen LogP) is 1.84. The normalized spacial score (nSPS) is 12.7. The number of primary amides is 1. The molecule has 5 N–H and O–H groups in total. The summed E-state index contributed by atoms with van der Waals surface area (Å²) < 4.78 is 30.8. The van der Waals surface area contributed by atoms with Crippen LogP contribution in [0.2, 0.25) is 0 Å². The van der Waals surface area contributed by atoms with Crippen molar-refractivity contribution in [2.75, 3.05) is 6.54 Å². The molecule has 0 aliphatic heterocycles. The molecule has 0 radical (unpaired) electrons. The number of nitrogens with zero attached hydrogens (tertiary/aromatic N) is 1. The van der Waals surface area contributed by atoms with Crippen molar-refractivity contribution in [3.8, 4) is 11.5 Å². The van der Waals surface area contributed by atoms with E-state index in [0.717, 1.165) is 0 Å². The number of para-hydroxylation sites is 1. The number of carbonyl (C=O) groups is 1. The Bertz CT molecular complexity index is 841. The van der Waals surface area contributed by atoms with Gasteiger partial charge in [0.2, 0.25) is 5.91 Å². The highest BCUT2D eigenvalue weighted by Gasteiger charge is 2.33. The van der Waals surface area contributed by atoms with Crippen LogP contribution in [0.15, 0.2) is 59.5 Å². The van der Waals surface area contributed by atoms with Gasteiger partial charge < -0.3 is 16.2 Å². The Balaban J connectivity index is 2.15. The Kier molecular flexibility index (Phi) is 7.31. The van der Waals surface area contributed by atoms with Gasteiger partial charge in [-0.25, -0.2) is 8.42 Å². The quantitative estimate of drug-likeness (QED) is 0.416. The Morgan fingerprint density at radius 3 is 2.19 bits per heavy atom. The molecule has 9 heteroatoms. The summed E-state index contributed by atoms with van der Waals surface area (Å²) in [7, 11) is -4.31. The number of hydrogen-bond donors (Lipinski definition) is 3. The van der Waals surface area contributed by atoms with Crippen molar-refractivity contribution in [1.82, 2.24) is 4.47 Å². The molecule has 1 atom stereocenters. The fourth-order valence-corrected chi connectivity index (χ4v) is 3.66. The average Bonchev–Trinajstić information content (AvgIpc) is 2.66. The van der Waals surface area contributed by atoms with Crippen LogP contribution in [0.5, 0.6) is 11.5 Å². The molecule has 0 aromatic heterocycles. The number of rotatable bonds is 10. The minimum absolute atomic E-state index is 0.0267. The number of carbonyl (C=O) groups excluding carboxylic acids is 1. The van der Waals surface area contributed by atoms with Crippen LogP contribution in [0.4, 0.5) is 0 Å². The van der Waals surface area contributed by atoms with Crippen molar-refractivity contribution in [1.29, 1.82) is 0 Å². The summed E-state index contributed by atoms with van der Waals surface area (Å²) in [6.45, 7) is 0.395. The molecule has 0 bridgehead atoms. The number of unbranched alkanes of at least 4 members (excludes halogenated alkanes) is 1. The van der Waals surface area contributed by atoms with Crippen LogP contribution >= 0.6 is 0 Å². The van der Waals surface area contributed by atoms with Gasteiger partial charge in [0.1, 0.15) is 17.5 Å². The van der Waals surface area contributed by atoms with Gasteiger partial charge in [-0.15, -0.1) is 0 Å². The molecule has 2 rings (SSSR count). The Labute approximate surface area is 158 Å². The molecule has 146 valence electrons. The number of ether oxygens (including phenoxy) is 1. The molecule has 0 unspecified atom stereocenters. The molecule has 2 aromatic carbocycles. The van der Waals surface area contributed by atoms with Crippen LogP contribution in [0, 0.1) is 0 Å². The lowest BCUT2D eigenvalue weighted by Crippen LogP contribution is -2.46. The zero-order chi connectivity index (χ0) is 19.9. The minimum atomic E-state index is -4.31. The van der Waals surface area contributed by atoms with E-state index in [-0.39, 0.29) is 15.8 Å². The maximum Gasteiger partial charge on any atom is 0.265 e. The van der Waals surface area contributed by atoms with E-state index in [1.807, 2.05) is 18.2 Å². The third-order valence-corrected chi connectivity index (χ3v) is 5.49. The molecule has 0 aliphatic rings. The molecule has 0 saturated carbocycles. The molecule has 0 saturated heterocycles. The van der Waals surface area contributed by atoms with Crippen molar-refractivity contribution >= 4 is 15.9 Å². The highest BCUT2D eigenvalue weighted by molar-refractivity contribution is 7.89. The fourth-order valence-electron chi connectivity index (χ4n) is 2.42. The fraction of sp³-hybridized carbons (Fsp3) is 0.278. The maximum absolute atomic E-state index is 12.6. The number of sulfonamides is 1. The first kappa shape index (κ1) is 20.8. The van der Waals surface area contributed by atoms with Crippen LogP contribution in [0.3, 0.4) is 0 Å². The van der Waals surface area contributed by atoms with E-state index in [1.165, 1.54) is 24.3 Å². The van der Waals surface area contributed by atoms with Crippen molar-refractivity contribution in [2.45, 2.75) is 30.2 Å². The Morgan fingerprint density at radius 1 is 1.04 bits per heavy atom. The van der Waals surface area contributed by atoms with Crippen molar-refractivity contribution in [2.24, 2.45) is 11.5 Å². The molecular weight excluding hydrogens is 370 g/mol. The monoisotopic (exact) mass is 393 g/mol. The van der Waals surface area contributed by atoms with Gasteiger partial charge in [-0.05, 0) is 62.2 Å². The topological polar surface area (TPSA) is 136 Å². The van der Waals surface area contributed by atoms with Gasteiger partial charge in [0.25, 0.3) is 10.0 Å². The number of hydroxylamine groups is 1. The third kappa shape index (κ3) is 5.51. The first-order chi connectivity index (χ1) is 12.9. The van der Waals surface area contributed by atoms with Crippen molar-refractivity contribution in [3.05, 3.63) is 54.6 Å². The summed E-state index contributed by atoms with van der Waals surface area (Å²) in [5, 5.41) is 10.1. The average molecular weight is 393 g/mol. The molecule has 8 nitrogen and oxygen atoms in total. The van der Waals surface area contributed by atoms with Gasteiger partial charge in [-0.1, -0.05) is 22.7 Å². The van der Waals surface area contributed by atoms with Gasteiger partial charge in [0.05, 0.1) is 4.90 Å². The van der Waals surface area contributed by atoms with Gasteiger partial charge in [0, 0.05) is 0 Å². The summed E-state index contributed by atoms with van der Waals surface area (Å²) in [5.74, 6) is 0.103. The van der Waals surface area contributed by atoms with Crippen molar-refractivity contribution in [3.63, 3.8) is 0 Å². The summed E-state index contributed by atoms with van der Waals surface area (Å²) in [5.41, 5.74) is 10.6. The van der Waals surface area contributed by atoms with E-state index in [4.69, 9.17) is 16.2 Å². The Morgan fingerprint density at radius 2 is 1.63 bits per heavy atom. The number of benzene rings is 2. The second-order valence-corrected chi connectivity index (χ2v) is 7.66. The standard InChI is InChI=1S/C18H23N3O5S/c19-13-5-4-8-17(18(20)22)21(23)27(24,25)16-11-9-15(10-12-16)26-14-6-2-1-3-7-14/h1-3,6-7,9-12,17,23H,4-5,8,13,19H2,(H2,20,22)/t17-/m1/s1. The molecule has 0 aliphatic carbocycles. The van der Waals surface area contributed by atoms with Gasteiger partial charge in [-0.2, -0.15) is 0 Å². The maximum atomic E-state index is 12.6. The van der Waals surface area contributed by atoms with E-state index in [9.17, 15) is 18.4 Å². The zero-order valence-electron chi connectivity index (χ0n) is 14.7. The van der Waals surface area contributed by atoms with Gasteiger partial charge in [-0.3, -0.25) is 10.0 Å². The van der Waals surface area contributed by atoms with Crippen LogP contribution in [0.1, 0.15) is 19.3 Å². The summed E-state index contributed by atoms with van der Waals surface area (Å²) in [6.07, 6.45) is 1.13. The smallest absolute Gasteiger partial charge is 0.265 e. The molecule has 0 fully saturated rings. The lowest BCUT2D eigenvalue weighted by Gasteiger charge is -2.23. The van der Waals surface area contributed by atoms with E-state index in [0.29, 0.717) is 30.9 Å². The second kappa shape index (κ2) is 9.47. The van der Waals surface area contributed by atoms with Crippen LogP contribution in [-0.4, -0.2) is 36.6 Å². The zero-order valence-corrected chi connectivity index (χ0v) is 15.5. The number of amides is 1. The summed E-state index contributed by atoms with van der Waals surface area (Å²) in [4.78, 5) is 11.4. The molecule has 1 amide bonds. The first-order valence-corrected chi connectivity index (χ1v) is 9.86. The summed E-state index contributed by atoms with van der Waals surface area (Å²) in [6, 6.07) is 13.1. The van der Waals surface area contributed by atoms with Gasteiger partial charge in [0.15, 0.2) is 0 Å². The number of nitrogens with two attached hydrogens (primary N) is 2. The molecule has 0 heterocycles. The second-order valence-electron chi connectivity index (χ2n) is 5.87. The lowest BCUT2D eigenvalue weighted by molar-refractivity contribution is -0.131. The van der Waals surface area contributed by atoms with Crippen LogP contribution in [0.25, 0.3) is 0 Å². The Hall–Kier alpha value is -2.46. The highest BCUT2D eigenvalue weighted by atomic mass is 32.2. The van der Waals surface area contributed by atoms with Crippen LogP contribution < -0.4 is 16.2 Å². The SMILES string of the molecule is NCCCC[C@H](C(N)=O)N(O)S(=O)(=O)c1ccc(Oc2ccccc2)cc1. The minimum Gasteiger partial charge on any atom is -0.457 e. The largest absolute Gasteiger partial charge is 0.457 e. The number of hydrogen-bond acceptors (Lipinski definition) is 6. The molecule has 2 aromatic rings. The van der Waals surface area contributed by atoms with Gasteiger partial charge >= 0.3 is 0 Å². The van der Waals surface area contributed by atoms with Crippen LogP contribution in [-0.2, 0) is 14.8 Å². The predicted molar refractivity (Wildman–Crippen MR) is 99.7 cm³/mol. The molecule has 27 heavy (non-hydrogen) atoms. The van der Waals surface area contributed by atoms with E-state index < -0.39 is 22.0 Å². The summed E-state index contributed by atoms with van der Waals surface area (Å²) >= 11 is 0. The van der Waals surface area contributed by atoms with E-state index in [2.05, 4.69) is 0 Å². The first-order valence-electron chi connectivity index (χ1n) is 8.42. The van der Waals surface area contributed by atoms with E-state index >= 15 is 0 Å².